The van der Waals surface area contributed by atoms with E-state index in [1.807, 2.05) is 0 Å². The van der Waals surface area contributed by atoms with Gasteiger partial charge in [-0.2, -0.15) is 39.5 Å². The van der Waals surface area contributed by atoms with E-state index in [1.54, 1.807) is 0 Å². The van der Waals surface area contributed by atoms with Gasteiger partial charge in [0.1, 0.15) is 10.6 Å². The normalized spacial score (nSPS) is 27.3. The van der Waals surface area contributed by atoms with Gasteiger partial charge in [0.15, 0.2) is 9.84 Å². The number of nitrogens with two attached hydrogens (primary N) is 1. The number of hydrogen-bond acceptors (Lipinski definition) is 5. The average Bonchev–Trinajstić information content (AvgIpc) is 3.31. The minimum absolute atomic E-state index is 0.0398. The molecule has 8 nitrogen and oxygen atoms in total. The third-order valence-corrected chi connectivity index (χ3v) is 12.4. The van der Waals surface area contributed by atoms with Gasteiger partial charge in [0.25, 0.3) is 10.2 Å². The zero-order valence-electron chi connectivity index (χ0n) is 23.1. The molecular weight excluding hydrogens is 662 g/mol. The van der Waals surface area contributed by atoms with Gasteiger partial charge in [-0.3, -0.25) is 4.79 Å². The molecule has 0 aromatic heterocycles. The summed E-state index contributed by atoms with van der Waals surface area (Å²) in [6.45, 7) is 0. The van der Waals surface area contributed by atoms with Crippen molar-refractivity contribution in [1.82, 2.24) is 10.0 Å². The zero-order valence-corrected chi connectivity index (χ0v) is 24.7. The van der Waals surface area contributed by atoms with Gasteiger partial charge in [0.05, 0.1) is 4.90 Å². The second kappa shape index (κ2) is 10.9. The lowest BCUT2D eigenvalue weighted by Crippen LogP contribution is -2.56. The number of halogens is 8. The summed E-state index contributed by atoms with van der Waals surface area (Å²) in [7, 11) is -8.57. The van der Waals surface area contributed by atoms with Crippen LogP contribution in [0.15, 0.2) is 47.4 Å². The van der Waals surface area contributed by atoms with Crippen LogP contribution in [-0.2, 0) is 41.7 Å². The average molecular weight is 690 g/mol. The second-order valence-corrected chi connectivity index (χ2v) is 15.2. The molecule has 5 rings (SSSR count). The van der Waals surface area contributed by atoms with E-state index >= 15 is 0 Å². The molecule has 0 heterocycles. The fourth-order valence-corrected chi connectivity index (χ4v) is 10.2. The summed E-state index contributed by atoms with van der Waals surface area (Å²) in [6, 6.07) is 4.09. The monoisotopic (exact) mass is 689 g/mol. The summed E-state index contributed by atoms with van der Waals surface area (Å²) < 4.78 is 161. The molecule has 0 aliphatic heterocycles. The van der Waals surface area contributed by atoms with E-state index in [9.17, 15) is 56.8 Å². The van der Waals surface area contributed by atoms with E-state index in [-0.39, 0.29) is 60.6 Å². The Bertz CT molecular complexity index is 1690. The summed E-state index contributed by atoms with van der Waals surface area (Å²) in [6.07, 6.45) is -13.1. The van der Waals surface area contributed by atoms with Gasteiger partial charge in [-0.05, 0) is 79.8 Å². The fraction of sp³-hybridized carbons (Fsp3) is 0.519. The Balaban J connectivity index is 1.55. The Labute approximate surface area is 252 Å². The standard InChI is InChI=1S/C27H27F8N3O5S2/c28-16-3-5-19(6-4-16)44(40,41)24-10-9-20(23(39)37-17-12-18(13-17)38-45(36,42)43)22(24)7-1-14-11-15(2-8-21(14)24)25(29,26(30,31)32)27(33,34)35/h2-6,8,11,17-18,20,22,38H,1,7,9-10,12-13H2,(H,37,39)(H2,36,42,43)/t17?,18?,20-,22+,24-/m1/s1. The smallest absolute Gasteiger partial charge is 0.353 e. The van der Waals surface area contributed by atoms with Gasteiger partial charge < -0.3 is 5.32 Å². The van der Waals surface area contributed by atoms with Gasteiger partial charge in [-0.1, -0.05) is 18.2 Å². The molecule has 2 saturated carbocycles. The number of carbonyl (C=O) groups excluding carboxylic acids is 1. The quantitative estimate of drug-likeness (QED) is 0.296. The molecule has 3 aliphatic rings. The van der Waals surface area contributed by atoms with Crippen molar-refractivity contribution in [2.75, 3.05) is 0 Å². The van der Waals surface area contributed by atoms with Crippen LogP contribution in [0.4, 0.5) is 35.1 Å². The molecule has 45 heavy (non-hydrogen) atoms. The highest BCUT2D eigenvalue weighted by Crippen LogP contribution is 2.60. The van der Waals surface area contributed by atoms with Crippen LogP contribution in [0, 0.1) is 17.7 Å². The first-order chi connectivity index (χ1) is 20.6. The van der Waals surface area contributed by atoms with E-state index in [0.717, 1.165) is 30.3 Å². The maximum Gasteiger partial charge on any atom is 0.435 e. The number of rotatable bonds is 7. The van der Waals surface area contributed by atoms with Gasteiger partial charge >= 0.3 is 18.0 Å². The van der Waals surface area contributed by atoms with E-state index in [2.05, 4.69) is 10.0 Å². The van der Waals surface area contributed by atoms with Crippen molar-refractivity contribution in [2.45, 2.75) is 78.3 Å². The predicted molar refractivity (Wildman–Crippen MR) is 142 cm³/mol. The molecule has 0 spiro atoms. The maximum atomic E-state index is 15.0. The van der Waals surface area contributed by atoms with Gasteiger partial charge in [0, 0.05) is 23.6 Å². The highest BCUT2D eigenvalue weighted by molar-refractivity contribution is 7.92. The summed E-state index contributed by atoms with van der Waals surface area (Å²) in [5, 5.41) is 7.71. The number of amides is 1. The third-order valence-electron chi connectivity index (χ3n) is 9.13. The molecule has 1 amide bonds. The Kier molecular flexibility index (Phi) is 8.10. The summed E-state index contributed by atoms with van der Waals surface area (Å²) in [4.78, 5) is 13.1. The second-order valence-electron chi connectivity index (χ2n) is 11.7. The molecule has 0 bridgehead atoms. The molecule has 0 unspecified atom stereocenters. The van der Waals surface area contributed by atoms with Crippen LogP contribution in [-0.4, -0.2) is 47.2 Å². The number of benzene rings is 2. The first-order valence-electron chi connectivity index (χ1n) is 13.7. The number of aryl methyl sites for hydroxylation is 1. The number of alkyl halides is 7. The number of fused-ring (bicyclic) bond motifs is 3. The number of carbonyl (C=O) groups is 1. The predicted octanol–water partition coefficient (Wildman–Crippen LogP) is 4.20. The maximum absolute atomic E-state index is 15.0. The van der Waals surface area contributed by atoms with Crippen LogP contribution in [0.5, 0.6) is 0 Å². The number of nitrogens with one attached hydrogen (secondary N) is 2. The Hall–Kier alpha value is -2.83. The molecule has 2 fully saturated rings. The Morgan fingerprint density at radius 3 is 2.02 bits per heavy atom. The molecule has 2 aromatic rings. The summed E-state index contributed by atoms with van der Waals surface area (Å²) in [5.41, 5.74) is -7.89. The first-order valence-corrected chi connectivity index (χ1v) is 16.7. The van der Waals surface area contributed by atoms with Crippen LogP contribution >= 0.6 is 0 Å². The summed E-state index contributed by atoms with van der Waals surface area (Å²) >= 11 is 0. The molecule has 0 saturated heterocycles. The Morgan fingerprint density at radius 1 is 0.867 bits per heavy atom. The van der Waals surface area contributed by atoms with Crippen LogP contribution < -0.4 is 15.2 Å². The van der Waals surface area contributed by atoms with Crippen molar-refractivity contribution in [2.24, 2.45) is 17.0 Å². The lowest BCUT2D eigenvalue weighted by atomic mass is 9.72. The largest absolute Gasteiger partial charge is 0.435 e. The van der Waals surface area contributed by atoms with E-state index in [1.165, 1.54) is 0 Å². The van der Waals surface area contributed by atoms with Gasteiger partial charge in [0.2, 0.25) is 5.91 Å². The van der Waals surface area contributed by atoms with Crippen LogP contribution in [0.3, 0.4) is 0 Å². The van der Waals surface area contributed by atoms with Crippen molar-refractivity contribution in [3.05, 3.63) is 65.0 Å². The number of hydrogen-bond donors (Lipinski definition) is 3. The minimum Gasteiger partial charge on any atom is -0.353 e. The molecule has 18 heteroatoms. The topological polar surface area (TPSA) is 135 Å². The van der Waals surface area contributed by atoms with Crippen molar-refractivity contribution in [1.29, 1.82) is 0 Å². The van der Waals surface area contributed by atoms with Crippen molar-refractivity contribution in [3.63, 3.8) is 0 Å². The third kappa shape index (κ3) is 5.50. The highest BCUT2D eigenvalue weighted by atomic mass is 32.2. The molecular formula is C27H27F8N3O5S2. The molecule has 3 aliphatic carbocycles. The zero-order chi connectivity index (χ0) is 33.4. The molecule has 3 atom stereocenters. The van der Waals surface area contributed by atoms with Crippen molar-refractivity contribution < 1.29 is 56.8 Å². The SMILES string of the molecule is NS(=O)(=O)NC1CC(NC(=O)[C@@H]2CC[C@@]3(S(=O)(=O)c4ccc(F)cc4)c4ccc(C(F)(C(F)(F)F)C(F)(F)F)cc4CC[C@@H]23)C1. The van der Waals surface area contributed by atoms with Gasteiger partial charge in [-0.25, -0.2) is 22.3 Å². The Morgan fingerprint density at radius 2 is 1.47 bits per heavy atom. The number of sulfone groups is 1. The van der Waals surface area contributed by atoms with E-state index in [4.69, 9.17) is 5.14 Å². The molecule has 0 radical (unpaired) electrons. The van der Waals surface area contributed by atoms with Crippen LogP contribution in [0.25, 0.3) is 0 Å². The highest BCUT2D eigenvalue weighted by Gasteiger charge is 2.74. The lowest BCUT2D eigenvalue weighted by Gasteiger charge is -2.43. The van der Waals surface area contributed by atoms with Crippen LogP contribution in [0.1, 0.15) is 48.8 Å². The van der Waals surface area contributed by atoms with Crippen molar-refractivity contribution >= 4 is 26.0 Å². The van der Waals surface area contributed by atoms with E-state index in [0.29, 0.717) is 6.07 Å². The first kappa shape index (κ1) is 33.5. The van der Waals surface area contributed by atoms with E-state index < -0.39 is 84.0 Å². The van der Waals surface area contributed by atoms with Crippen molar-refractivity contribution in [3.8, 4) is 0 Å². The molecule has 248 valence electrons. The van der Waals surface area contributed by atoms with Gasteiger partial charge in [-0.15, -0.1) is 0 Å². The fourth-order valence-electron chi connectivity index (χ4n) is 7.07. The minimum atomic E-state index is -6.38. The van der Waals surface area contributed by atoms with Crippen LogP contribution in [0.2, 0.25) is 0 Å². The lowest BCUT2D eigenvalue weighted by molar-refractivity contribution is -0.348. The molecule has 2 aromatic carbocycles. The molecule has 4 N–H and O–H groups in total. The summed E-state index contributed by atoms with van der Waals surface area (Å²) in [5.74, 6) is -3.31.